The second-order valence-corrected chi connectivity index (χ2v) is 4.94. The van der Waals surface area contributed by atoms with Gasteiger partial charge in [0.25, 0.3) is 0 Å². The van der Waals surface area contributed by atoms with Crippen LogP contribution in [0.25, 0.3) is 0 Å². The number of rotatable bonds is 4. The zero-order valence-electron chi connectivity index (χ0n) is 10.3. The molecule has 0 atom stereocenters. The maximum atomic E-state index is 5.17. The van der Waals surface area contributed by atoms with Crippen LogP contribution in [0.2, 0.25) is 0 Å². The molecule has 0 fully saturated rings. The van der Waals surface area contributed by atoms with Gasteiger partial charge in [-0.15, -0.1) is 0 Å². The lowest BCUT2D eigenvalue weighted by Gasteiger charge is -2.10. The Morgan fingerprint density at radius 2 is 2.12 bits per heavy atom. The smallest absolute Gasteiger partial charge is 0.170 e. The summed E-state index contributed by atoms with van der Waals surface area (Å²) < 4.78 is 1.90. The normalized spacial score (nSPS) is 10.9. The highest BCUT2D eigenvalue weighted by Crippen LogP contribution is 2.09. The van der Waals surface area contributed by atoms with Crippen LogP contribution in [0, 0.1) is 5.92 Å². The van der Waals surface area contributed by atoms with Gasteiger partial charge >= 0.3 is 0 Å². The van der Waals surface area contributed by atoms with Crippen LogP contribution >= 0.6 is 12.2 Å². The average molecular weight is 240 g/mol. The summed E-state index contributed by atoms with van der Waals surface area (Å²) in [6.45, 7) is 9.35. The second-order valence-electron chi connectivity index (χ2n) is 4.53. The van der Waals surface area contributed by atoms with Gasteiger partial charge in [-0.25, -0.2) is 0 Å². The molecule has 0 spiro atoms. The van der Waals surface area contributed by atoms with Crippen LogP contribution in [0.4, 0.5) is 5.69 Å². The van der Waals surface area contributed by atoms with Gasteiger partial charge in [0.1, 0.15) is 0 Å². The van der Waals surface area contributed by atoms with Crippen molar-refractivity contribution in [2.45, 2.75) is 33.7 Å². The zero-order valence-corrected chi connectivity index (χ0v) is 11.1. The van der Waals surface area contributed by atoms with Crippen molar-refractivity contribution in [1.29, 1.82) is 0 Å². The maximum Gasteiger partial charge on any atom is 0.170 e. The first-order chi connectivity index (χ1) is 7.49. The van der Waals surface area contributed by atoms with E-state index in [2.05, 4.69) is 43.4 Å². The lowest BCUT2D eigenvalue weighted by molar-refractivity contribution is 0.532. The SMILES string of the molecule is CC(C)CNC(=S)Nc1cnn(C(C)C)c1. The Balaban J connectivity index is 2.43. The lowest BCUT2D eigenvalue weighted by Crippen LogP contribution is -2.31. The van der Waals surface area contributed by atoms with E-state index in [9.17, 15) is 0 Å². The second kappa shape index (κ2) is 5.84. The third kappa shape index (κ3) is 4.18. The fraction of sp³-hybridized carbons (Fsp3) is 0.636. The van der Waals surface area contributed by atoms with Crippen molar-refractivity contribution in [3.63, 3.8) is 0 Å². The summed E-state index contributed by atoms with van der Waals surface area (Å²) in [5.74, 6) is 0.582. The van der Waals surface area contributed by atoms with E-state index in [1.807, 2.05) is 10.9 Å². The van der Waals surface area contributed by atoms with Crippen molar-refractivity contribution in [1.82, 2.24) is 15.1 Å². The Bertz CT molecular complexity index is 344. The van der Waals surface area contributed by atoms with E-state index in [1.54, 1.807) is 6.20 Å². The number of nitrogens with zero attached hydrogens (tertiary/aromatic N) is 2. The molecule has 5 heteroatoms. The highest BCUT2D eigenvalue weighted by Gasteiger charge is 2.03. The summed E-state index contributed by atoms with van der Waals surface area (Å²) >= 11 is 5.17. The van der Waals surface area contributed by atoms with Crippen LogP contribution in [-0.4, -0.2) is 21.4 Å². The van der Waals surface area contributed by atoms with E-state index >= 15 is 0 Å². The van der Waals surface area contributed by atoms with Gasteiger partial charge in [0.15, 0.2) is 5.11 Å². The molecule has 1 aromatic rings. The number of nitrogens with one attached hydrogen (secondary N) is 2. The number of thiocarbonyl (C=S) groups is 1. The third-order valence-corrected chi connectivity index (χ3v) is 2.31. The fourth-order valence-corrected chi connectivity index (χ4v) is 1.36. The van der Waals surface area contributed by atoms with E-state index in [-0.39, 0.29) is 0 Å². The molecular formula is C11H20N4S. The molecule has 4 nitrogen and oxygen atoms in total. The van der Waals surface area contributed by atoms with Gasteiger partial charge in [-0.3, -0.25) is 4.68 Å². The number of aromatic nitrogens is 2. The van der Waals surface area contributed by atoms with Crippen molar-refractivity contribution in [3.8, 4) is 0 Å². The highest BCUT2D eigenvalue weighted by molar-refractivity contribution is 7.80. The van der Waals surface area contributed by atoms with Crippen molar-refractivity contribution >= 4 is 23.0 Å². The third-order valence-electron chi connectivity index (χ3n) is 2.06. The molecule has 2 N–H and O–H groups in total. The molecule has 0 radical (unpaired) electrons. The van der Waals surface area contributed by atoms with Gasteiger partial charge in [0, 0.05) is 18.8 Å². The van der Waals surface area contributed by atoms with E-state index in [4.69, 9.17) is 12.2 Å². The minimum absolute atomic E-state index is 0.368. The Morgan fingerprint density at radius 1 is 1.44 bits per heavy atom. The van der Waals surface area contributed by atoms with Crippen molar-refractivity contribution < 1.29 is 0 Å². The van der Waals surface area contributed by atoms with Gasteiger partial charge in [-0.2, -0.15) is 5.10 Å². The van der Waals surface area contributed by atoms with Crippen LogP contribution in [0.1, 0.15) is 33.7 Å². The van der Waals surface area contributed by atoms with Crippen LogP contribution in [0.5, 0.6) is 0 Å². The molecule has 0 aliphatic heterocycles. The maximum absolute atomic E-state index is 5.17. The highest BCUT2D eigenvalue weighted by atomic mass is 32.1. The number of hydrogen-bond donors (Lipinski definition) is 2. The summed E-state index contributed by atoms with van der Waals surface area (Å²) in [6.07, 6.45) is 3.73. The largest absolute Gasteiger partial charge is 0.362 e. The Labute approximate surface area is 102 Å². The molecule has 1 aromatic heterocycles. The van der Waals surface area contributed by atoms with Crippen LogP contribution in [0.3, 0.4) is 0 Å². The molecule has 1 rings (SSSR count). The standard InChI is InChI=1S/C11H20N4S/c1-8(2)5-12-11(16)14-10-6-13-15(7-10)9(3)4/h6-9H,5H2,1-4H3,(H2,12,14,16). The minimum Gasteiger partial charge on any atom is -0.362 e. The summed E-state index contributed by atoms with van der Waals surface area (Å²) in [5, 5.41) is 11.1. The molecular weight excluding hydrogens is 220 g/mol. The van der Waals surface area contributed by atoms with E-state index in [0.717, 1.165) is 12.2 Å². The Hall–Kier alpha value is -1.10. The quantitative estimate of drug-likeness (QED) is 0.793. The first-order valence-electron chi connectivity index (χ1n) is 5.58. The Morgan fingerprint density at radius 3 is 2.62 bits per heavy atom. The van der Waals surface area contributed by atoms with Gasteiger partial charge in [-0.1, -0.05) is 13.8 Å². The van der Waals surface area contributed by atoms with Gasteiger partial charge in [0.2, 0.25) is 0 Å². The molecule has 90 valence electrons. The molecule has 0 unspecified atom stereocenters. The first kappa shape index (κ1) is 13.0. The van der Waals surface area contributed by atoms with Gasteiger partial charge in [-0.05, 0) is 32.0 Å². The van der Waals surface area contributed by atoms with E-state index in [1.165, 1.54) is 0 Å². The van der Waals surface area contributed by atoms with Crippen molar-refractivity contribution in [3.05, 3.63) is 12.4 Å². The first-order valence-corrected chi connectivity index (χ1v) is 5.99. The Kier molecular flexibility index (Phi) is 4.73. The number of hydrogen-bond acceptors (Lipinski definition) is 2. The molecule has 0 aliphatic rings. The van der Waals surface area contributed by atoms with Crippen LogP contribution in [-0.2, 0) is 0 Å². The van der Waals surface area contributed by atoms with Gasteiger partial charge < -0.3 is 10.6 Å². The molecule has 0 aromatic carbocycles. The van der Waals surface area contributed by atoms with Crippen LogP contribution in [0.15, 0.2) is 12.4 Å². The monoisotopic (exact) mass is 240 g/mol. The predicted molar refractivity (Wildman–Crippen MR) is 71.7 cm³/mol. The molecule has 0 saturated heterocycles. The number of anilines is 1. The minimum atomic E-state index is 0.368. The topological polar surface area (TPSA) is 41.9 Å². The summed E-state index contributed by atoms with van der Waals surface area (Å²) in [4.78, 5) is 0. The molecule has 0 saturated carbocycles. The van der Waals surface area contributed by atoms with Crippen molar-refractivity contribution in [2.75, 3.05) is 11.9 Å². The lowest BCUT2D eigenvalue weighted by atomic mass is 10.2. The molecule has 0 bridgehead atoms. The fourth-order valence-electron chi connectivity index (χ4n) is 1.16. The predicted octanol–water partition coefficient (Wildman–Crippen LogP) is 2.41. The van der Waals surface area contributed by atoms with Crippen molar-refractivity contribution in [2.24, 2.45) is 5.92 Å². The molecule has 0 amide bonds. The summed E-state index contributed by atoms with van der Waals surface area (Å²) in [5.41, 5.74) is 0.926. The van der Waals surface area contributed by atoms with Gasteiger partial charge in [0.05, 0.1) is 11.9 Å². The molecule has 0 aliphatic carbocycles. The van der Waals surface area contributed by atoms with E-state index in [0.29, 0.717) is 17.1 Å². The zero-order chi connectivity index (χ0) is 12.1. The molecule has 1 heterocycles. The van der Waals surface area contributed by atoms with E-state index < -0.39 is 0 Å². The average Bonchev–Trinajstić information content (AvgIpc) is 2.63. The summed E-state index contributed by atoms with van der Waals surface area (Å²) in [7, 11) is 0. The summed E-state index contributed by atoms with van der Waals surface area (Å²) in [6, 6.07) is 0.368. The molecule has 16 heavy (non-hydrogen) atoms. The van der Waals surface area contributed by atoms with Crippen LogP contribution < -0.4 is 10.6 Å².